The van der Waals surface area contributed by atoms with Gasteiger partial charge in [0.15, 0.2) is 0 Å². The summed E-state index contributed by atoms with van der Waals surface area (Å²) in [6.07, 6.45) is 3.78. The first-order chi connectivity index (χ1) is 8.13. The predicted molar refractivity (Wildman–Crippen MR) is 74.1 cm³/mol. The highest BCUT2D eigenvalue weighted by Gasteiger charge is 2.07. The molecule has 0 saturated carbocycles. The SMILES string of the molecule is CCCOc1ccnc(N(C)CCC(C)Br)n1. The van der Waals surface area contributed by atoms with Crippen LogP contribution in [-0.4, -0.2) is 35.0 Å². The van der Waals surface area contributed by atoms with Gasteiger partial charge >= 0.3 is 0 Å². The standard InChI is InChI=1S/C12H20BrN3O/c1-4-9-17-11-5-7-14-12(15-11)16(3)8-6-10(2)13/h5,7,10H,4,6,8-9H2,1-3H3. The number of halogens is 1. The van der Waals surface area contributed by atoms with E-state index < -0.39 is 0 Å². The van der Waals surface area contributed by atoms with Crippen molar-refractivity contribution in [2.45, 2.75) is 31.5 Å². The van der Waals surface area contributed by atoms with Gasteiger partial charge in [0.2, 0.25) is 11.8 Å². The van der Waals surface area contributed by atoms with E-state index in [1.807, 2.05) is 11.9 Å². The van der Waals surface area contributed by atoms with Crippen molar-refractivity contribution < 1.29 is 4.74 Å². The second-order valence-electron chi connectivity index (χ2n) is 4.03. The van der Waals surface area contributed by atoms with Crippen LogP contribution in [0.1, 0.15) is 26.7 Å². The minimum atomic E-state index is 0.504. The smallest absolute Gasteiger partial charge is 0.228 e. The van der Waals surface area contributed by atoms with Gasteiger partial charge in [0.05, 0.1) is 6.61 Å². The van der Waals surface area contributed by atoms with Crippen LogP contribution in [0.25, 0.3) is 0 Å². The van der Waals surface area contributed by atoms with Crippen LogP contribution in [0.3, 0.4) is 0 Å². The zero-order chi connectivity index (χ0) is 12.7. The molecule has 1 rings (SSSR count). The fourth-order valence-electron chi connectivity index (χ4n) is 1.27. The van der Waals surface area contributed by atoms with E-state index in [1.54, 1.807) is 12.3 Å². The Morgan fingerprint density at radius 2 is 2.29 bits per heavy atom. The first kappa shape index (κ1) is 14.2. The Morgan fingerprint density at radius 3 is 2.94 bits per heavy atom. The van der Waals surface area contributed by atoms with Crippen molar-refractivity contribution in [3.05, 3.63) is 12.3 Å². The molecule has 1 atom stereocenters. The molecule has 0 radical (unpaired) electrons. The van der Waals surface area contributed by atoms with Gasteiger partial charge in [-0.2, -0.15) is 4.98 Å². The van der Waals surface area contributed by atoms with Crippen LogP contribution < -0.4 is 9.64 Å². The number of hydrogen-bond acceptors (Lipinski definition) is 4. The number of alkyl halides is 1. The molecular formula is C12H20BrN3O. The molecule has 0 N–H and O–H groups in total. The summed E-state index contributed by atoms with van der Waals surface area (Å²) in [7, 11) is 1.99. The highest BCUT2D eigenvalue weighted by molar-refractivity contribution is 9.09. The monoisotopic (exact) mass is 301 g/mol. The first-order valence-corrected chi connectivity index (χ1v) is 6.86. The number of aromatic nitrogens is 2. The molecule has 0 amide bonds. The number of anilines is 1. The van der Waals surface area contributed by atoms with Gasteiger partial charge in [-0.1, -0.05) is 29.8 Å². The Kier molecular flexibility index (Phi) is 6.26. The van der Waals surface area contributed by atoms with Crippen molar-refractivity contribution in [2.24, 2.45) is 0 Å². The van der Waals surface area contributed by atoms with E-state index in [4.69, 9.17) is 4.74 Å². The van der Waals surface area contributed by atoms with Gasteiger partial charge in [0, 0.05) is 30.7 Å². The molecule has 0 aliphatic rings. The predicted octanol–water partition coefficient (Wildman–Crippen LogP) is 2.88. The number of ether oxygens (including phenoxy) is 1. The lowest BCUT2D eigenvalue weighted by Gasteiger charge is -2.18. The van der Waals surface area contributed by atoms with Crippen LogP contribution in [-0.2, 0) is 0 Å². The Balaban J connectivity index is 2.57. The van der Waals surface area contributed by atoms with Crippen LogP contribution in [0.15, 0.2) is 12.3 Å². The number of hydrogen-bond donors (Lipinski definition) is 0. The van der Waals surface area contributed by atoms with Gasteiger partial charge in [0.1, 0.15) is 0 Å². The van der Waals surface area contributed by atoms with E-state index in [-0.39, 0.29) is 0 Å². The Morgan fingerprint density at radius 1 is 1.53 bits per heavy atom. The van der Waals surface area contributed by atoms with E-state index in [1.165, 1.54) is 0 Å². The molecule has 0 bridgehead atoms. The van der Waals surface area contributed by atoms with Gasteiger partial charge < -0.3 is 9.64 Å². The fourth-order valence-corrected chi connectivity index (χ4v) is 1.48. The van der Waals surface area contributed by atoms with Crippen LogP contribution >= 0.6 is 15.9 Å². The van der Waals surface area contributed by atoms with Crippen LogP contribution in [0, 0.1) is 0 Å². The maximum atomic E-state index is 5.48. The molecule has 17 heavy (non-hydrogen) atoms. The quantitative estimate of drug-likeness (QED) is 0.726. The highest BCUT2D eigenvalue weighted by atomic mass is 79.9. The van der Waals surface area contributed by atoms with Crippen molar-refractivity contribution in [1.29, 1.82) is 0 Å². The molecule has 0 fully saturated rings. The zero-order valence-corrected chi connectivity index (χ0v) is 12.3. The summed E-state index contributed by atoms with van der Waals surface area (Å²) in [6, 6.07) is 1.79. The van der Waals surface area contributed by atoms with E-state index in [9.17, 15) is 0 Å². The third kappa shape index (κ3) is 5.35. The van der Waals surface area contributed by atoms with E-state index >= 15 is 0 Å². The van der Waals surface area contributed by atoms with Crippen LogP contribution in [0.4, 0.5) is 5.95 Å². The van der Waals surface area contributed by atoms with Crippen LogP contribution in [0.2, 0.25) is 0 Å². The summed E-state index contributed by atoms with van der Waals surface area (Å²) in [5, 5.41) is 0. The molecule has 0 aliphatic heterocycles. The lowest BCUT2D eigenvalue weighted by atomic mass is 10.3. The summed E-state index contributed by atoms with van der Waals surface area (Å²) < 4.78 is 5.48. The molecule has 1 aromatic rings. The van der Waals surface area contributed by atoms with Crippen molar-refractivity contribution in [3.63, 3.8) is 0 Å². The van der Waals surface area contributed by atoms with Crippen molar-refractivity contribution in [1.82, 2.24) is 9.97 Å². The molecule has 0 spiro atoms. The average molecular weight is 302 g/mol. The van der Waals surface area contributed by atoms with Gasteiger partial charge in [-0.05, 0) is 12.8 Å². The molecule has 1 aromatic heterocycles. The van der Waals surface area contributed by atoms with Crippen LogP contribution in [0.5, 0.6) is 5.88 Å². The van der Waals surface area contributed by atoms with Gasteiger partial charge in [-0.25, -0.2) is 4.98 Å². The average Bonchev–Trinajstić information content (AvgIpc) is 2.33. The lowest BCUT2D eigenvalue weighted by molar-refractivity contribution is 0.305. The molecule has 96 valence electrons. The molecule has 0 saturated heterocycles. The molecule has 1 heterocycles. The number of rotatable bonds is 7. The lowest BCUT2D eigenvalue weighted by Crippen LogP contribution is -2.22. The Hall–Kier alpha value is -0.840. The third-order valence-electron chi connectivity index (χ3n) is 2.28. The Bertz CT molecular complexity index is 333. The summed E-state index contributed by atoms with van der Waals surface area (Å²) >= 11 is 3.53. The maximum absolute atomic E-state index is 5.48. The fraction of sp³-hybridized carbons (Fsp3) is 0.667. The summed E-state index contributed by atoms with van der Waals surface area (Å²) in [6.45, 7) is 5.82. The summed E-state index contributed by atoms with van der Waals surface area (Å²) in [4.78, 5) is 11.2. The summed E-state index contributed by atoms with van der Waals surface area (Å²) in [5.41, 5.74) is 0. The minimum Gasteiger partial charge on any atom is -0.478 e. The minimum absolute atomic E-state index is 0.504. The molecule has 1 unspecified atom stereocenters. The highest BCUT2D eigenvalue weighted by Crippen LogP contribution is 2.13. The van der Waals surface area contributed by atoms with Crippen molar-refractivity contribution in [2.75, 3.05) is 25.1 Å². The third-order valence-corrected chi connectivity index (χ3v) is 2.73. The second-order valence-corrected chi connectivity index (χ2v) is 5.60. The molecular weight excluding hydrogens is 282 g/mol. The van der Waals surface area contributed by atoms with E-state index in [2.05, 4.69) is 39.7 Å². The Labute approximate surface area is 112 Å². The normalized spacial score (nSPS) is 12.2. The number of nitrogens with zero attached hydrogens (tertiary/aromatic N) is 3. The second kappa shape index (κ2) is 7.48. The largest absolute Gasteiger partial charge is 0.478 e. The van der Waals surface area contributed by atoms with E-state index in [0.29, 0.717) is 23.3 Å². The van der Waals surface area contributed by atoms with Crippen molar-refractivity contribution >= 4 is 21.9 Å². The van der Waals surface area contributed by atoms with Gasteiger partial charge in [-0.3, -0.25) is 0 Å². The maximum Gasteiger partial charge on any atom is 0.228 e. The molecule has 5 heteroatoms. The van der Waals surface area contributed by atoms with Gasteiger partial charge in [0.25, 0.3) is 0 Å². The first-order valence-electron chi connectivity index (χ1n) is 5.94. The van der Waals surface area contributed by atoms with Crippen molar-refractivity contribution in [3.8, 4) is 5.88 Å². The summed E-state index contributed by atoms with van der Waals surface area (Å²) in [5.74, 6) is 1.36. The molecule has 0 aromatic carbocycles. The van der Waals surface area contributed by atoms with Gasteiger partial charge in [-0.15, -0.1) is 0 Å². The topological polar surface area (TPSA) is 38.2 Å². The molecule has 4 nitrogen and oxygen atoms in total. The molecule has 0 aliphatic carbocycles. The van der Waals surface area contributed by atoms with E-state index in [0.717, 1.165) is 19.4 Å². The zero-order valence-electron chi connectivity index (χ0n) is 10.7.